The molecule has 1 atom stereocenters. The summed E-state index contributed by atoms with van der Waals surface area (Å²) in [5.41, 5.74) is 5.89. The van der Waals surface area contributed by atoms with Gasteiger partial charge in [-0.1, -0.05) is 6.92 Å². The fraction of sp³-hybridized carbons (Fsp3) is 0.353. The van der Waals surface area contributed by atoms with Crippen LogP contribution in [0.5, 0.6) is 0 Å². The molecule has 2 heterocycles. The monoisotopic (exact) mass is 366 g/mol. The molecule has 1 unspecified atom stereocenters. The third-order valence-electron chi connectivity index (χ3n) is 4.43. The van der Waals surface area contributed by atoms with Crippen LogP contribution in [0.1, 0.15) is 23.8 Å². The van der Waals surface area contributed by atoms with Crippen LogP contribution in [0, 0.1) is 11.2 Å². The van der Waals surface area contributed by atoms with Crippen molar-refractivity contribution < 1.29 is 9.18 Å². The van der Waals surface area contributed by atoms with Gasteiger partial charge in [0.2, 0.25) is 0 Å². The highest BCUT2D eigenvalue weighted by molar-refractivity contribution is 5.92. The molecule has 1 aliphatic heterocycles. The summed E-state index contributed by atoms with van der Waals surface area (Å²) in [6, 6.07) is 8.08. The van der Waals surface area contributed by atoms with Crippen LogP contribution in [0.2, 0.25) is 0 Å². The second-order valence-electron chi connectivity index (χ2n) is 6.44. The molecule has 6 nitrogen and oxygen atoms in total. The molecule has 0 saturated carbocycles. The zero-order valence-electron chi connectivity index (χ0n) is 13.8. The Morgan fingerprint density at radius 2 is 1.96 bits per heavy atom. The molecule has 1 aromatic heterocycles. The number of benzene rings is 1. The van der Waals surface area contributed by atoms with Crippen LogP contribution in [0.4, 0.5) is 4.39 Å². The molecule has 134 valence electrons. The lowest BCUT2D eigenvalue weighted by Crippen LogP contribution is -2.35. The Balaban J connectivity index is 0.00000225. The summed E-state index contributed by atoms with van der Waals surface area (Å²) >= 11 is 0. The molecule has 0 spiro atoms. The molecule has 1 aliphatic rings. The molecule has 1 fully saturated rings. The quantitative estimate of drug-likeness (QED) is 0.894. The minimum atomic E-state index is -0.405. The van der Waals surface area contributed by atoms with E-state index in [0.29, 0.717) is 25.3 Å². The van der Waals surface area contributed by atoms with Crippen LogP contribution < -0.4 is 11.3 Å². The van der Waals surface area contributed by atoms with Crippen molar-refractivity contribution in [3.05, 3.63) is 58.3 Å². The summed E-state index contributed by atoms with van der Waals surface area (Å²) in [6.07, 6.45) is 0.840. The molecule has 8 heteroatoms. The Hall–Kier alpha value is -2.25. The van der Waals surface area contributed by atoms with E-state index in [1.807, 2.05) is 6.92 Å². The molecule has 0 aliphatic carbocycles. The Morgan fingerprint density at radius 3 is 2.56 bits per heavy atom. The molecule has 1 aromatic carbocycles. The van der Waals surface area contributed by atoms with Gasteiger partial charge in [-0.25, -0.2) is 4.39 Å². The van der Waals surface area contributed by atoms with Gasteiger partial charge in [-0.2, -0.15) is 9.78 Å². The molecular weight excluding hydrogens is 347 g/mol. The number of hydrogen-bond acceptors (Lipinski definition) is 4. The minimum absolute atomic E-state index is 0. The van der Waals surface area contributed by atoms with Crippen molar-refractivity contribution in [1.29, 1.82) is 0 Å². The Bertz CT molecular complexity index is 824. The maximum Gasteiger partial charge on any atom is 0.274 e. The molecular formula is C17H20ClFN4O2. The number of halogens is 2. The molecule has 1 saturated heterocycles. The SMILES string of the molecule is CC1(CN)CCN(C(=O)c2ccc(=O)n(-c3ccc(F)cc3)n2)C1.Cl. The first kappa shape index (κ1) is 19.1. The Kier molecular flexibility index (Phi) is 5.59. The van der Waals surface area contributed by atoms with Crippen molar-refractivity contribution in [3.63, 3.8) is 0 Å². The molecule has 2 aromatic rings. The summed E-state index contributed by atoms with van der Waals surface area (Å²) in [6.45, 7) is 3.75. The van der Waals surface area contributed by atoms with E-state index in [9.17, 15) is 14.0 Å². The van der Waals surface area contributed by atoms with Gasteiger partial charge < -0.3 is 10.6 Å². The first-order valence-corrected chi connectivity index (χ1v) is 7.78. The van der Waals surface area contributed by atoms with Crippen LogP contribution in [-0.2, 0) is 0 Å². The van der Waals surface area contributed by atoms with Gasteiger partial charge in [0.15, 0.2) is 0 Å². The fourth-order valence-electron chi connectivity index (χ4n) is 2.82. The summed E-state index contributed by atoms with van der Waals surface area (Å²) < 4.78 is 14.1. The number of carbonyl (C=O) groups is 1. The zero-order chi connectivity index (χ0) is 17.3. The number of carbonyl (C=O) groups excluding carboxylic acids is 1. The van der Waals surface area contributed by atoms with E-state index in [1.165, 1.54) is 36.4 Å². The molecule has 3 rings (SSSR count). The van der Waals surface area contributed by atoms with Gasteiger partial charge in [0, 0.05) is 19.2 Å². The van der Waals surface area contributed by atoms with Gasteiger partial charge in [0.05, 0.1) is 5.69 Å². The highest BCUT2D eigenvalue weighted by Crippen LogP contribution is 2.29. The predicted octanol–water partition coefficient (Wildman–Crippen LogP) is 1.60. The minimum Gasteiger partial charge on any atom is -0.337 e. The summed E-state index contributed by atoms with van der Waals surface area (Å²) in [7, 11) is 0. The zero-order valence-corrected chi connectivity index (χ0v) is 14.6. The Morgan fingerprint density at radius 1 is 1.28 bits per heavy atom. The third-order valence-corrected chi connectivity index (χ3v) is 4.43. The largest absolute Gasteiger partial charge is 0.337 e. The van der Waals surface area contributed by atoms with Crippen LogP contribution in [0.25, 0.3) is 5.69 Å². The summed E-state index contributed by atoms with van der Waals surface area (Å²) in [4.78, 5) is 26.4. The maximum absolute atomic E-state index is 13.0. The van der Waals surface area contributed by atoms with Crippen LogP contribution in [-0.4, -0.2) is 40.2 Å². The topological polar surface area (TPSA) is 81.2 Å². The van der Waals surface area contributed by atoms with Crippen LogP contribution >= 0.6 is 12.4 Å². The van der Waals surface area contributed by atoms with E-state index in [4.69, 9.17) is 5.73 Å². The maximum atomic E-state index is 13.0. The summed E-state index contributed by atoms with van der Waals surface area (Å²) in [5.74, 6) is -0.639. The van der Waals surface area contributed by atoms with Gasteiger partial charge in [-0.15, -0.1) is 12.4 Å². The number of aromatic nitrogens is 2. The fourth-order valence-corrected chi connectivity index (χ4v) is 2.82. The van der Waals surface area contributed by atoms with E-state index in [1.54, 1.807) is 4.90 Å². The number of hydrogen-bond donors (Lipinski definition) is 1. The second kappa shape index (κ2) is 7.33. The van der Waals surface area contributed by atoms with E-state index < -0.39 is 5.82 Å². The van der Waals surface area contributed by atoms with E-state index >= 15 is 0 Å². The Labute approximate surface area is 150 Å². The number of nitrogens with zero attached hydrogens (tertiary/aromatic N) is 3. The highest BCUT2D eigenvalue weighted by Gasteiger charge is 2.35. The predicted molar refractivity (Wildman–Crippen MR) is 94.7 cm³/mol. The van der Waals surface area contributed by atoms with Gasteiger partial charge >= 0.3 is 0 Å². The smallest absolute Gasteiger partial charge is 0.274 e. The number of nitrogens with two attached hydrogens (primary N) is 1. The van der Waals surface area contributed by atoms with Gasteiger partial charge in [-0.05, 0) is 48.7 Å². The third kappa shape index (κ3) is 3.88. The van der Waals surface area contributed by atoms with Gasteiger partial charge in [-0.3, -0.25) is 9.59 Å². The van der Waals surface area contributed by atoms with Crippen LogP contribution in [0.15, 0.2) is 41.2 Å². The van der Waals surface area contributed by atoms with E-state index in [2.05, 4.69) is 5.10 Å². The lowest BCUT2D eigenvalue weighted by Gasteiger charge is -2.22. The molecule has 25 heavy (non-hydrogen) atoms. The standard InChI is InChI=1S/C17H19FN4O2.ClH/c1-17(10-19)8-9-21(11-17)16(24)14-6-7-15(23)22(20-14)13-4-2-12(18)3-5-13;/h2-7H,8-11,19H2,1H3;1H. The normalized spacial score (nSPS) is 19.6. The molecule has 0 bridgehead atoms. The van der Waals surface area contributed by atoms with Crippen molar-refractivity contribution in [3.8, 4) is 5.69 Å². The molecule has 0 radical (unpaired) electrons. The van der Waals surface area contributed by atoms with E-state index in [-0.39, 0.29) is 35.0 Å². The van der Waals surface area contributed by atoms with Crippen molar-refractivity contribution >= 4 is 18.3 Å². The van der Waals surface area contributed by atoms with E-state index in [0.717, 1.165) is 11.1 Å². The van der Waals surface area contributed by atoms with Crippen molar-refractivity contribution in [1.82, 2.24) is 14.7 Å². The van der Waals surface area contributed by atoms with Crippen molar-refractivity contribution in [2.75, 3.05) is 19.6 Å². The molecule has 1 amide bonds. The van der Waals surface area contributed by atoms with Crippen molar-refractivity contribution in [2.45, 2.75) is 13.3 Å². The average Bonchev–Trinajstić information content (AvgIpc) is 2.99. The number of rotatable bonds is 3. The van der Waals surface area contributed by atoms with Gasteiger partial charge in [0.25, 0.3) is 11.5 Å². The number of likely N-dealkylation sites (tertiary alicyclic amines) is 1. The average molecular weight is 367 g/mol. The number of amides is 1. The molecule has 2 N–H and O–H groups in total. The van der Waals surface area contributed by atoms with Crippen molar-refractivity contribution in [2.24, 2.45) is 11.1 Å². The lowest BCUT2D eigenvalue weighted by atomic mass is 9.90. The second-order valence-corrected chi connectivity index (χ2v) is 6.44. The van der Waals surface area contributed by atoms with Gasteiger partial charge in [0.1, 0.15) is 11.5 Å². The van der Waals surface area contributed by atoms with Crippen LogP contribution in [0.3, 0.4) is 0 Å². The lowest BCUT2D eigenvalue weighted by molar-refractivity contribution is 0.0769. The highest BCUT2D eigenvalue weighted by atomic mass is 35.5. The first-order chi connectivity index (χ1) is 11.4. The first-order valence-electron chi connectivity index (χ1n) is 7.78. The summed E-state index contributed by atoms with van der Waals surface area (Å²) in [5, 5.41) is 4.15.